The highest BCUT2D eigenvalue weighted by molar-refractivity contribution is 5.92. The fraction of sp³-hybridized carbons (Fsp3) is 0.652. The van der Waals surface area contributed by atoms with Crippen LogP contribution in [0.25, 0.3) is 0 Å². The van der Waals surface area contributed by atoms with Gasteiger partial charge in [-0.3, -0.25) is 9.69 Å². The molecule has 3 saturated heterocycles. The van der Waals surface area contributed by atoms with Gasteiger partial charge in [0.2, 0.25) is 5.91 Å². The van der Waals surface area contributed by atoms with Crippen LogP contribution in [-0.4, -0.2) is 98.8 Å². The van der Waals surface area contributed by atoms with Crippen molar-refractivity contribution in [3.63, 3.8) is 0 Å². The van der Waals surface area contributed by atoms with E-state index in [-0.39, 0.29) is 11.9 Å². The van der Waals surface area contributed by atoms with E-state index in [1.165, 1.54) is 31.4 Å². The molecule has 0 saturated carbocycles. The van der Waals surface area contributed by atoms with E-state index in [2.05, 4.69) is 27.2 Å². The van der Waals surface area contributed by atoms with Crippen LogP contribution >= 0.6 is 0 Å². The SMILES string of the molecule is O=C(CN1CCN(C(=O)N2CCOCC2)CC1)Nc1ccc(N2CCCCCC2)cc1. The van der Waals surface area contributed by atoms with Crippen LogP contribution in [0.2, 0.25) is 0 Å². The van der Waals surface area contributed by atoms with Crippen LogP contribution in [0.1, 0.15) is 25.7 Å². The second kappa shape index (κ2) is 10.8. The standard InChI is InChI=1S/C23H35N5O3/c29-22(24-20-5-7-21(8-6-20)26-9-3-1-2-4-10-26)19-25-11-13-27(14-12-25)23(30)28-15-17-31-18-16-28/h5-8H,1-4,9-19H2,(H,24,29). The molecule has 0 aliphatic carbocycles. The molecule has 1 aromatic carbocycles. The maximum absolute atomic E-state index is 12.6. The highest BCUT2D eigenvalue weighted by atomic mass is 16.5. The molecule has 0 radical (unpaired) electrons. The van der Waals surface area contributed by atoms with Crippen molar-refractivity contribution < 1.29 is 14.3 Å². The summed E-state index contributed by atoms with van der Waals surface area (Å²) in [7, 11) is 0. The number of amides is 3. The third-order valence-electron chi connectivity index (χ3n) is 6.41. The largest absolute Gasteiger partial charge is 0.378 e. The van der Waals surface area contributed by atoms with E-state index in [1.54, 1.807) is 0 Å². The molecule has 3 aliphatic heterocycles. The number of hydrogen-bond acceptors (Lipinski definition) is 5. The summed E-state index contributed by atoms with van der Waals surface area (Å²) in [6.45, 7) is 7.91. The van der Waals surface area contributed by atoms with Gasteiger partial charge in [0.05, 0.1) is 19.8 Å². The first-order valence-electron chi connectivity index (χ1n) is 11.7. The second-order valence-electron chi connectivity index (χ2n) is 8.64. The van der Waals surface area contributed by atoms with Crippen LogP contribution in [0.4, 0.5) is 16.2 Å². The minimum atomic E-state index is -0.00419. The van der Waals surface area contributed by atoms with Gasteiger partial charge in [0, 0.05) is 63.7 Å². The van der Waals surface area contributed by atoms with E-state index in [4.69, 9.17) is 4.74 Å². The van der Waals surface area contributed by atoms with Gasteiger partial charge in [-0.15, -0.1) is 0 Å². The van der Waals surface area contributed by atoms with Gasteiger partial charge >= 0.3 is 6.03 Å². The average molecular weight is 430 g/mol. The lowest BCUT2D eigenvalue weighted by atomic mass is 10.2. The number of piperazine rings is 1. The zero-order chi connectivity index (χ0) is 21.5. The number of rotatable bonds is 4. The molecule has 0 atom stereocenters. The van der Waals surface area contributed by atoms with Crippen molar-refractivity contribution in [1.82, 2.24) is 14.7 Å². The fourth-order valence-corrected chi connectivity index (χ4v) is 4.54. The first-order chi connectivity index (χ1) is 15.2. The second-order valence-corrected chi connectivity index (χ2v) is 8.64. The first-order valence-corrected chi connectivity index (χ1v) is 11.7. The van der Waals surface area contributed by atoms with Crippen molar-refractivity contribution in [3.05, 3.63) is 24.3 Å². The normalized spacial score (nSPS) is 21.0. The molecule has 3 heterocycles. The lowest BCUT2D eigenvalue weighted by Gasteiger charge is -2.38. The van der Waals surface area contributed by atoms with Crippen molar-refractivity contribution in [2.75, 3.05) is 82.3 Å². The molecule has 3 fully saturated rings. The lowest BCUT2D eigenvalue weighted by Crippen LogP contribution is -2.55. The van der Waals surface area contributed by atoms with Crippen LogP contribution in [0.5, 0.6) is 0 Å². The number of anilines is 2. The van der Waals surface area contributed by atoms with E-state index in [9.17, 15) is 9.59 Å². The van der Waals surface area contributed by atoms with Gasteiger partial charge in [0.25, 0.3) is 0 Å². The van der Waals surface area contributed by atoms with Gasteiger partial charge in [-0.1, -0.05) is 12.8 Å². The minimum Gasteiger partial charge on any atom is -0.378 e. The number of ether oxygens (including phenoxy) is 1. The Labute approximate surface area is 185 Å². The number of carbonyl (C=O) groups is 2. The van der Waals surface area contributed by atoms with Crippen LogP contribution in [0.3, 0.4) is 0 Å². The molecule has 8 nitrogen and oxygen atoms in total. The van der Waals surface area contributed by atoms with Crippen molar-refractivity contribution in [1.29, 1.82) is 0 Å². The highest BCUT2D eigenvalue weighted by Crippen LogP contribution is 2.21. The van der Waals surface area contributed by atoms with Gasteiger partial charge in [-0.05, 0) is 37.1 Å². The number of benzene rings is 1. The van der Waals surface area contributed by atoms with Gasteiger partial charge < -0.3 is 24.8 Å². The van der Waals surface area contributed by atoms with Crippen LogP contribution < -0.4 is 10.2 Å². The summed E-state index contributed by atoms with van der Waals surface area (Å²) >= 11 is 0. The van der Waals surface area contributed by atoms with Crippen LogP contribution in [-0.2, 0) is 9.53 Å². The summed E-state index contributed by atoms with van der Waals surface area (Å²) in [5.74, 6) is -0.00419. The Kier molecular flexibility index (Phi) is 7.64. The minimum absolute atomic E-state index is 0.00419. The van der Waals surface area contributed by atoms with Gasteiger partial charge in [-0.2, -0.15) is 0 Å². The predicted octanol–water partition coefficient (Wildman–Crippen LogP) is 2.08. The Bertz CT molecular complexity index is 719. The molecule has 0 spiro atoms. The van der Waals surface area contributed by atoms with E-state index < -0.39 is 0 Å². The van der Waals surface area contributed by atoms with Crippen molar-refractivity contribution in [3.8, 4) is 0 Å². The Morgan fingerprint density at radius 2 is 1.39 bits per heavy atom. The Hall–Kier alpha value is -2.32. The molecule has 170 valence electrons. The van der Waals surface area contributed by atoms with Gasteiger partial charge in [0.1, 0.15) is 0 Å². The molecule has 0 aromatic heterocycles. The molecule has 8 heteroatoms. The number of urea groups is 1. The monoisotopic (exact) mass is 429 g/mol. The van der Waals surface area contributed by atoms with Crippen LogP contribution in [0, 0.1) is 0 Å². The molecule has 3 amide bonds. The van der Waals surface area contributed by atoms with E-state index in [1.807, 2.05) is 21.9 Å². The number of morpholine rings is 1. The van der Waals surface area contributed by atoms with Crippen molar-refractivity contribution >= 4 is 23.3 Å². The zero-order valence-electron chi connectivity index (χ0n) is 18.4. The maximum atomic E-state index is 12.6. The van der Waals surface area contributed by atoms with Crippen molar-refractivity contribution in [2.24, 2.45) is 0 Å². The fourth-order valence-electron chi connectivity index (χ4n) is 4.54. The summed E-state index contributed by atoms with van der Waals surface area (Å²) in [5, 5.41) is 3.02. The molecule has 0 unspecified atom stereocenters. The van der Waals surface area contributed by atoms with E-state index in [0.717, 1.165) is 31.9 Å². The molecule has 31 heavy (non-hydrogen) atoms. The maximum Gasteiger partial charge on any atom is 0.320 e. The zero-order valence-corrected chi connectivity index (χ0v) is 18.4. The highest BCUT2D eigenvalue weighted by Gasteiger charge is 2.27. The molecule has 1 N–H and O–H groups in total. The molecule has 3 aliphatic rings. The number of hydrogen-bond donors (Lipinski definition) is 1. The molecular weight excluding hydrogens is 394 g/mol. The average Bonchev–Trinajstić information content (AvgIpc) is 3.10. The summed E-state index contributed by atoms with van der Waals surface area (Å²) in [6, 6.07) is 8.30. The molecule has 0 bridgehead atoms. The number of nitrogens with zero attached hydrogens (tertiary/aromatic N) is 4. The van der Waals surface area contributed by atoms with E-state index >= 15 is 0 Å². The quantitative estimate of drug-likeness (QED) is 0.794. The summed E-state index contributed by atoms with van der Waals surface area (Å²) in [4.78, 5) is 33.4. The Balaban J connectivity index is 1.20. The Morgan fingerprint density at radius 3 is 2.03 bits per heavy atom. The molecule has 1 aromatic rings. The van der Waals surface area contributed by atoms with Gasteiger partial charge in [-0.25, -0.2) is 4.79 Å². The Morgan fingerprint density at radius 1 is 0.774 bits per heavy atom. The number of carbonyl (C=O) groups excluding carboxylic acids is 2. The summed E-state index contributed by atoms with van der Waals surface area (Å²) < 4.78 is 5.32. The summed E-state index contributed by atoms with van der Waals surface area (Å²) in [5.41, 5.74) is 2.07. The topological polar surface area (TPSA) is 68.4 Å². The van der Waals surface area contributed by atoms with Crippen LogP contribution in [0.15, 0.2) is 24.3 Å². The third-order valence-corrected chi connectivity index (χ3v) is 6.41. The number of nitrogens with one attached hydrogen (secondary N) is 1. The van der Waals surface area contributed by atoms with E-state index in [0.29, 0.717) is 45.9 Å². The third kappa shape index (κ3) is 6.11. The summed E-state index contributed by atoms with van der Waals surface area (Å²) in [6.07, 6.45) is 5.15. The lowest BCUT2D eigenvalue weighted by molar-refractivity contribution is -0.117. The molecule has 4 rings (SSSR count). The van der Waals surface area contributed by atoms with Crippen molar-refractivity contribution in [2.45, 2.75) is 25.7 Å². The first kappa shape index (κ1) is 21.9. The van der Waals surface area contributed by atoms with Gasteiger partial charge in [0.15, 0.2) is 0 Å². The predicted molar refractivity (Wildman–Crippen MR) is 122 cm³/mol. The smallest absolute Gasteiger partial charge is 0.320 e. The molecular formula is C23H35N5O3.